The second-order valence-electron chi connectivity index (χ2n) is 32.2. The molecule has 50 nitrogen and oxygen atoms in total. The van der Waals surface area contributed by atoms with Gasteiger partial charge in [0.25, 0.3) is 0 Å². The van der Waals surface area contributed by atoms with Gasteiger partial charge < -0.3 is 155 Å². The highest BCUT2D eigenvalue weighted by molar-refractivity contribution is 6.03. The van der Waals surface area contributed by atoms with Crippen LogP contribution in [0.3, 0.4) is 0 Å². The predicted octanol–water partition coefficient (Wildman–Crippen LogP) is -9.42. The van der Waals surface area contributed by atoms with Gasteiger partial charge in [0, 0.05) is 19.3 Å². The van der Waals surface area contributed by atoms with Crippen molar-refractivity contribution in [2.24, 2.45) is 46.4 Å². The van der Waals surface area contributed by atoms with Crippen LogP contribution in [0.4, 0.5) is 0 Å². The molecule has 0 aliphatic carbocycles. The number of unbranched alkanes of at least 4 members (excludes halogenated alkanes) is 2. The van der Waals surface area contributed by atoms with Crippen LogP contribution < -0.4 is 114 Å². The van der Waals surface area contributed by atoms with Gasteiger partial charge in [-0.05, 0) is 129 Å². The van der Waals surface area contributed by atoms with E-state index >= 15 is 0 Å². The first-order valence-corrected chi connectivity index (χ1v) is 42.8. The Morgan fingerprint density at radius 1 is 0.313 bits per heavy atom. The number of phenolic OH excluding ortho intramolecular Hbond substituents is 3. The number of aliphatic hydroxyl groups excluding tert-OH is 2. The number of carbonyl (C=O) groups excluding carboxylic acids is 18. The van der Waals surface area contributed by atoms with E-state index < -0.39 is 298 Å². The van der Waals surface area contributed by atoms with Gasteiger partial charge in [-0.1, -0.05) is 84.4 Å². The number of benzene rings is 3. The molecule has 740 valence electrons. The van der Waals surface area contributed by atoms with E-state index in [0.29, 0.717) is 19.3 Å². The molecule has 0 aromatic heterocycles. The lowest BCUT2D eigenvalue weighted by atomic mass is 9.96. The monoisotopic (exact) mass is 1890 g/mol. The number of carboxylic acids is 3. The van der Waals surface area contributed by atoms with Gasteiger partial charge >= 0.3 is 17.9 Å². The topological polar surface area (TPSA) is 843 Å². The molecule has 0 aliphatic heterocycles. The fraction of sp³-hybridized carbons (Fsp3) is 0.536. The Bertz CT molecular complexity index is 4570. The molecule has 3 rings (SSSR count). The molecular weight excluding hydrogens is 1770 g/mol. The minimum Gasteiger partial charge on any atom is -0.508 e. The maximum absolute atomic E-state index is 14.9. The number of primary amides is 2. The van der Waals surface area contributed by atoms with Gasteiger partial charge in [0.05, 0.1) is 51.5 Å². The van der Waals surface area contributed by atoms with Crippen LogP contribution in [-0.2, 0) is 120 Å². The second kappa shape index (κ2) is 57.8. The molecule has 0 radical (unpaired) electrons. The Balaban J connectivity index is 1.95. The number of hydrogen-bond donors (Lipinski definition) is 29. The third-order valence-corrected chi connectivity index (χ3v) is 20.6. The van der Waals surface area contributed by atoms with E-state index in [4.69, 9.17) is 33.8 Å². The van der Waals surface area contributed by atoms with Crippen molar-refractivity contribution < 1.29 is 142 Å². The van der Waals surface area contributed by atoms with Crippen LogP contribution in [0.1, 0.15) is 136 Å². The van der Waals surface area contributed by atoms with Crippen LogP contribution in [0, 0.1) is 17.8 Å². The van der Waals surface area contributed by atoms with E-state index in [1.54, 1.807) is 27.7 Å². The zero-order valence-corrected chi connectivity index (χ0v) is 75.0. The summed E-state index contributed by atoms with van der Waals surface area (Å²) < 4.78 is 0. The summed E-state index contributed by atoms with van der Waals surface area (Å²) in [7, 11) is 0. The summed E-state index contributed by atoms with van der Waals surface area (Å²) in [4.78, 5) is 284. The summed E-state index contributed by atoms with van der Waals surface area (Å²) in [6.45, 7) is 6.64. The molecule has 0 saturated heterocycles. The predicted molar refractivity (Wildman–Crippen MR) is 471 cm³/mol. The highest BCUT2D eigenvalue weighted by Gasteiger charge is 2.40. The van der Waals surface area contributed by atoms with Crippen LogP contribution in [0.2, 0.25) is 0 Å². The lowest BCUT2D eigenvalue weighted by Crippen LogP contribution is -2.61. The third kappa shape index (κ3) is 41.0. The van der Waals surface area contributed by atoms with Gasteiger partial charge in [-0.3, -0.25) is 101 Å². The number of phenols is 3. The minimum absolute atomic E-state index is 0.00821. The Morgan fingerprint density at radius 2 is 0.612 bits per heavy atom. The standard InChI is InChI=1S/C84H125N21O29/c1-8-42(6)69(105-82(132)67(89)40(2)3)84(134)103-59(38-106)80(130)99-54(31-46-19-25-49(110)26-20-46)76(126)101-57(34-64(114)115)72(122)90-36-63(113)93-55(32-61(87)111)77(127)100-56(33-62(88)112)78(128)94-51(14-10-12-28-86)73(123)97-53(30-45-17-23-48(109)24-18-45)75(125)98-52(29-44-15-21-47(108)22-16-44)74(124)92-43(7)70(120)96-58(35-65(116)117)79(129)102-60(39-107)81(131)104-68(41(4)5)83(133)95-50(13-9-11-27-85)71(121)91-37-66(118)119/h15-26,40-43,50-60,67-69,106-110H,8-14,27-39,85-86,89H2,1-7H3,(H2,87,111)(H2,88,112)(H,90,122)(H,91,121)(H,92,124)(H,93,113)(H,94,128)(H,95,133)(H,96,120)(H,97,123)(H,98,125)(H,99,130)(H,100,127)(H,101,126)(H,102,129)(H,103,134)(H,104,131)(H,105,132)(H,114,115)(H,116,117)(H,118,119)/t42-,43-,50-,51-,52-,53-,54-,55-,56-,57-,58-,59-,60-,67-,68-,69-/m0/s1. The van der Waals surface area contributed by atoms with Crippen molar-refractivity contribution in [1.82, 2.24) is 85.1 Å². The average Bonchev–Trinajstić information content (AvgIpc) is 0.843. The van der Waals surface area contributed by atoms with E-state index in [2.05, 4.69) is 85.1 Å². The molecule has 18 amide bonds. The molecule has 34 N–H and O–H groups in total. The smallest absolute Gasteiger partial charge is 0.322 e. The van der Waals surface area contributed by atoms with Crippen LogP contribution in [0.5, 0.6) is 17.2 Å². The first kappa shape index (κ1) is 114. The first-order chi connectivity index (χ1) is 63.0. The van der Waals surface area contributed by atoms with Crippen molar-refractivity contribution in [2.45, 2.75) is 229 Å². The molecule has 0 saturated carbocycles. The van der Waals surface area contributed by atoms with Gasteiger partial charge in [-0.15, -0.1) is 0 Å². The number of rotatable bonds is 61. The Morgan fingerprint density at radius 3 is 0.993 bits per heavy atom. The summed E-state index contributed by atoms with van der Waals surface area (Å²) >= 11 is 0. The molecule has 0 fully saturated rings. The Hall–Kier alpha value is -14.3. The summed E-state index contributed by atoms with van der Waals surface area (Å²) in [6.07, 6.45) is -5.10. The van der Waals surface area contributed by atoms with Crippen molar-refractivity contribution in [3.63, 3.8) is 0 Å². The molecule has 0 bridgehead atoms. The third-order valence-electron chi connectivity index (χ3n) is 20.6. The molecule has 0 spiro atoms. The maximum Gasteiger partial charge on any atom is 0.322 e. The Labute approximate surface area is 769 Å². The van der Waals surface area contributed by atoms with Crippen molar-refractivity contribution in [2.75, 3.05) is 39.4 Å². The van der Waals surface area contributed by atoms with Crippen LogP contribution in [-0.4, -0.2) is 295 Å². The summed E-state index contributed by atoms with van der Waals surface area (Å²) in [5.74, 6) is -28.7. The summed E-state index contributed by atoms with van der Waals surface area (Å²) in [5.41, 5.74) is 29.1. The molecule has 0 aliphatic rings. The molecular formula is C84H125N21O29. The van der Waals surface area contributed by atoms with Gasteiger partial charge in [-0.25, -0.2) is 0 Å². The minimum atomic E-state index is -2.11. The van der Waals surface area contributed by atoms with E-state index in [0.717, 1.165) is 6.92 Å². The summed E-state index contributed by atoms with van der Waals surface area (Å²) in [6, 6.07) is -10.9. The summed E-state index contributed by atoms with van der Waals surface area (Å²) in [5, 5.41) is 117. The zero-order valence-electron chi connectivity index (χ0n) is 75.0. The van der Waals surface area contributed by atoms with Crippen molar-refractivity contribution >= 4 is 124 Å². The number of amides is 18. The van der Waals surface area contributed by atoms with E-state index in [1.165, 1.54) is 86.6 Å². The molecule has 134 heavy (non-hydrogen) atoms. The van der Waals surface area contributed by atoms with Gasteiger partial charge in [0.1, 0.15) is 108 Å². The lowest BCUT2D eigenvalue weighted by molar-refractivity contribution is -0.142. The fourth-order valence-corrected chi connectivity index (χ4v) is 12.7. The van der Waals surface area contributed by atoms with Crippen molar-refractivity contribution in [3.8, 4) is 17.2 Å². The Kier molecular flexibility index (Phi) is 49.1. The van der Waals surface area contributed by atoms with Crippen LogP contribution in [0.15, 0.2) is 72.8 Å². The molecule has 16 atom stereocenters. The largest absolute Gasteiger partial charge is 0.508 e. The van der Waals surface area contributed by atoms with Crippen molar-refractivity contribution in [1.29, 1.82) is 0 Å². The highest BCUT2D eigenvalue weighted by atomic mass is 16.4. The number of nitrogens with one attached hydrogen (secondary N) is 16. The maximum atomic E-state index is 14.9. The van der Waals surface area contributed by atoms with Gasteiger partial charge in [0.2, 0.25) is 106 Å². The zero-order chi connectivity index (χ0) is 101. The number of carboxylic acid groups (broad SMARTS) is 3. The second-order valence-corrected chi connectivity index (χ2v) is 32.2. The van der Waals surface area contributed by atoms with Crippen LogP contribution in [0.25, 0.3) is 0 Å². The highest BCUT2D eigenvalue weighted by Crippen LogP contribution is 2.19. The van der Waals surface area contributed by atoms with E-state index in [1.807, 2.05) is 0 Å². The van der Waals surface area contributed by atoms with E-state index in [9.17, 15) is 136 Å². The lowest BCUT2D eigenvalue weighted by Gasteiger charge is -2.28. The molecule has 0 unspecified atom stereocenters. The number of carbonyl (C=O) groups is 21. The van der Waals surface area contributed by atoms with Crippen molar-refractivity contribution in [3.05, 3.63) is 89.5 Å². The number of nitrogens with two attached hydrogens (primary N) is 5. The number of aliphatic carboxylic acids is 3. The number of aliphatic hydroxyl groups is 2. The SMILES string of the molecule is CC[C@H](C)[C@H](NC(=O)[C@@H](N)C(C)C)C(=O)N[C@@H](CO)C(=O)N[C@@H](Cc1ccc(O)cc1)C(=O)N[C@@H](CC(=O)O)C(=O)NCC(=O)N[C@@H](CC(N)=O)C(=O)N[C@@H](CC(N)=O)C(=O)N[C@@H](CCCCN)C(=O)N[C@@H](Cc1ccc(O)cc1)C(=O)N[C@@H](Cc1ccc(O)cc1)C(=O)N[C@@H](C)C(=O)N[C@@H](CC(=O)O)C(=O)N[C@@H](CO)C(=O)N[C@H](C(=O)N[C@@H](CCCCN)C(=O)NCC(=O)O)C(C)C. The van der Waals surface area contributed by atoms with Crippen LogP contribution >= 0.6 is 0 Å². The quantitative estimate of drug-likeness (QED) is 0.0233. The molecule has 50 heteroatoms. The number of aromatic hydroxyl groups is 3. The van der Waals surface area contributed by atoms with Gasteiger partial charge in [-0.2, -0.15) is 0 Å². The molecule has 3 aromatic carbocycles. The van der Waals surface area contributed by atoms with Gasteiger partial charge in [0.15, 0.2) is 0 Å². The first-order valence-electron chi connectivity index (χ1n) is 42.8. The fourth-order valence-electron chi connectivity index (χ4n) is 12.7. The molecule has 3 aromatic rings. The normalized spacial score (nSPS) is 14.6. The van der Waals surface area contributed by atoms with E-state index in [-0.39, 0.29) is 78.6 Å². The number of hydrogen-bond acceptors (Lipinski definition) is 29. The molecule has 0 heterocycles. The average molecular weight is 1890 g/mol.